The minimum absolute atomic E-state index is 0.202. The quantitative estimate of drug-likeness (QED) is 0.0291. The summed E-state index contributed by atoms with van der Waals surface area (Å²) in [5.41, 5.74) is 0. The van der Waals surface area contributed by atoms with Gasteiger partial charge in [-0.05, 0) is 18.8 Å². The third kappa shape index (κ3) is 28.0. The van der Waals surface area contributed by atoms with Gasteiger partial charge in [0.05, 0.1) is 32.0 Å². The van der Waals surface area contributed by atoms with Crippen LogP contribution < -0.4 is 10.6 Å². The molecule has 2 fully saturated rings. The van der Waals surface area contributed by atoms with Gasteiger partial charge >= 0.3 is 0 Å². The minimum atomic E-state index is -1.86. The molecular weight excluding hydrogens is 941 g/mol. The molecule has 17 nitrogen and oxygen atoms in total. The van der Waals surface area contributed by atoms with Gasteiger partial charge in [0.2, 0.25) is 11.8 Å². The first kappa shape index (κ1) is 67.5. The Morgan fingerprint density at radius 1 is 0.548 bits per heavy atom. The van der Waals surface area contributed by atoms with E-state index in [2.05, 4.69) is 31.4 Å². The number of amides is 2. The van der Waals surface area contributed by atoms with Gasteiger partial charge in [-0.1, -0.05) is 213 Å². The maximum absolute atomic E-state index is 13.4. The molecule has 0 aliphatic carbocycles. The Morgan fingerprint density at radius 3 is 1.44 bits per heavy atom. The van der Waals surface area contributed by atoms with Crippen LogP contribution in [-0.4, -0.2) is 163 Å². The molecule has 2 rings (SSSR count). The second kappa shape index (κ2) is 41.5. The van der Waals surface area contributed by atoms with Crippen LogP contribution in [0.4, 0.5) is 0 Å². The standard InChI is InChI=1S/C56H108N2O15/c1-5-7-8-9-10-11-12-13-14-15-16-17-20-24-27-30-33-36-44(63)54(69)58-42(48(64)43(62)35-32-29-26-23-21-18-19-22-25-28-31-34-40(3)6-2)39-70-56-52(68)51(67)53(46(38-60)72-56)73-55-47(57-41(4)61)50(66)49(65)45(37-59)71-55/h40,42-53,55-56,59-60,62-68H,5-39H2,1-4H3,(H,57,61)(H,58,69)/t40?,42-,43+,44+,45+,46+,47+,48-,49+,50+,51+,52+,53-,55+,56-/m0/s1. The van der Waals surface area contributed by atoms with E-state index in [0.717, 1.165) is 57.8 Å². The third-order valence-electron chi connectivity index (χ3n) is 15.2. The molecule has 0 saturated carbocycles. The molecule has 73 heavy (non-hydrogen) atoms. The van der Waals surface area contributed by atoms with Crippen molar-refractivity contribution >= 4 is 11.8 Å². The first-order chi connectivity index (χ1) is 35.2. The highest BCUT2D eigenvalue weighted by molar-refractivity contribution is 5.80. The number of ether oxygens (including phenoxy) is 4. The van der Waals surface area contributed by atoms with E-state index >= 15 is 0 Å². The molecule has 1 unspecified atom stereocenters. The molecule has 2 aliphatic rings. The fourth-order valence-electron chi connectivity index (χ4n) is 10.1. The maximum Gasteiger partial charge on any atom is 0.249 e. The van der Waals surface area contributed by atoms with E-state index in [9.17, 15) is 55.5 Å². The zero-order chi connectivity index (χ0) is 53.8. The summed E-state index contributed by atoms with van der Waals surface area (Å²) < 4.78 is 23.2. The normalized spacial score (nSPS) is 26.5. The van der Waals surface area contributed by atoms with Crippen molar-refractivity contribution in [1.82, 2.24) is 10.6 Å². The van der Waals surface area contributed by atoms with Gasteiger partial charge in [-0.2, -0.15) is 0 Å². The minimum Gasteiger partial charge on any atom is -0.394 e. The molecule has 0 aromatic heterocycles. The summed E-state index contributed by atoms with van der Waals surface area (Å²) in [6.07, 6.45) is 17.3. The zero-order valence-electron chi connectivity index (χ0n) is 45.9. The average molecular weight is 1050 g/mol. The van der Waals surface area contributed by atoms with Crippen LogP contribution in [0.25, 0.3) is 0 Å². The van der Waals surface area contributed by atoms with Crippen LogP contribution in [0.2, 0.25) is 0 Å². The fraction of sp³-hybridized carbons (Fsp3) is 0.964. The van der Waals surface area contributed by atoms with Gasteiger partial charge in [0.1, 0.15) is 61.0 Å². The number of aliphatic hydroxyl groups excluding tert-OH is 9. The van der Waals surface area contributed by atoms with Gasteiger partial charge in [-0.15, -0.1) is 0 Å². The Labute approximate surface area is 440 Å². The summed E-state index contributed by atoms with van der Waals surface area (Å²) in [5, 5.41) is 102. The van der Waals surface area contributed by atoms with Crippen molar-refractivity contribution in [3.8, 4) is 0 Å². The van der Waals surface area contributed by atoms with Crippen LogP contribution in [0.3, 0.4) is 0 Å². The van der Waals surface area contributed by atoms with E-state index in [4.69, 9.17) is 18.9 Å². The lowest BCUT2D eigenvalue weighted by Gasteiger charge is -2.47. The Kier molecular flexibility index (Phi) is 38.4. The smallest absolute Gasteiger partial charge is 0.249 e. The zero-order valence-corrected chi connectivity index (χ0v) is 45.9. The SMILES string of the molecule is CCCCCCCCCCCCCCCCCCC[C@@H](O)C(=O)N[C@@H](CO[C@H]1O[C@H](CO)[C@H](O[C@H]2O[C@H](CO)[C@@H](O)[C@H](O)[C@H]2NC(C)=O)[C@H](O)[C@H]1O)[C@H](O)[C@H](O)CCCCCCCCCCCCCC(C)CC. The largest absolute Gasteiger partial charge is 0.394 e. The van der Waals surface area contributed by atoms with Crippen molar-refractivity contribution in [3.05, 3.63) is 0 Å². The van der Waals surface area contributed by atoms with Crippen molar-refractivity contribution in [3.63, 3.8) is 0 Å². The molecule has 2 saturated heterocycles. The predicted molar refractivity (Wildman–Crippen MR) is 282 cm³/mol. The second-order valence-corrected chi connectivity index (χ2v) is 21.7. The number of hydrogen-bond acceptors (Lipinski definition) is 15. The lowest BCUT2D eigenvalue weighted by molar-refractivity contribution is -0.347. The molecular formula is C56H108N2O15. The molecule has 2 amide bonds. The number of hydrogen-bond donors (Lipinski definition) is 11. The van der Waals surface area contributed by atoms with Crippen LogP contribution in [-0.2, 0) is 28.5 Å². The molecule has 0 spiro atoms. The summed E-state index contributed by atoms with van der Waals surface area (Å²) in [6.45, 7) is 5.93. The van der Waals surface area contributed by atoms with E-state index in [1.807, 2.05) is 0 Å². The number of carbonyl (C=O) groups excluding carboxylic acids is 2. The van der Waals surface area contributed by atoms with Crippen molar-refractivity contribution in [2.24, 2.45) is 5.92 Å². The molecule has 0 aromatic rings. The Bertz CT molecular complexity index is 1350. The summed E-state index contributed by atoms with van der Waals surface area (Å²) in [4.78, 5) is 25.4. The molecule has 432 valence electrons. The van der Waals surface area contributed by atoms with E-state index in [1.165, 1.54) is 135 Å². The highest BCUT2D eigenvalue weighted by atomic mass is 16.7. The lowest BCUT2D eigenvalue weighted by atomic mass is 9.95. The predicted octanol–water partition coefficient (Wildman–Crippen LogP) is 6.50. The Balaban J connectivity index is 1.92. The molecule has 2 heterocycles. The molecule has 0 aromatic carbocycles. The molecule has 11 N–H and O–H groups in total. The molecule has 15 atom stereocenters. The Hall–Kier alpha value is -1.58. The topological polar surface area (TPSA) is 277 Å². The number of unbranched alkanes of at least 4 members (excludes halogenated alkanes) is 26. The van der Waals surface area contributed by atoms with E-state index in [1.54, 1.807) is 0 Å². The van der Waals surface area contributed by atoms with E-state index in [0.29, 0.717) is 12.8 Å². The number of nitrogens with one attached hydrogen (secondary N) is 2. The monoisotopic (exact) mass is 1050 g/mol. The van der Waals surface area contributed by atoms with Crippen molar-refractivity contribution in [1.29, 1.82) is 0 Å². The first-order valence-corrected chi connectivity index (χ1v) is 29.3. The maximum atomic E-state index is 13.4. The third-order valence-corrected chi connectivity index (χ3v) is 15.2. The Morgan fingerprint density at radius 2 is 0.986 bits per heavy atom. The molecule has 0 bridgehead atoms. The van der Waals surface area contributed by atoms with Gasteiger partial charge < -0.3 is 75.5 Å². The van der Waals surface area contributed by atoms with Gasteiger partial charge in [0.15, 0.2) is 12.6 Å². The number of rotatable bonds is 45. The summed E-state index contributed by atoms with van der Waals surface area (Å²) in [7, 11) is 0. The van der Waals surface area contributed by atoms with E-state index < -0.39 is 117 Å². The van der Waals surface area contributed by atoms with Crippen molar-refractivity contribution in [2.45, 2.75) is 319 Å². The highest BCUT2D eigenvalue weighted by Gasteiger charge is 2.51. The van der Waals surface area contributed by atoms with Crippen molar-refractivity contribution < 1.29 is 74.5 Å². The van der Waals surface area contributed by atoms with Gasteiger partial charge in [0, 0.05) is 6.92 Å². The lowest BCUT2D eigenvalue weighted by Crippen LogP contribution is -2.67. The van der Waals surface area contributed by atoms with Gasteiger partial charge in [-0.25, -0.2) is 0 Å². The fourth-order valence-corrected chi connectivity index (χ4v) is 10.1. The second-order valence-electron chi connectivity index (χ2n) is 21.7. The number of aliphatic hydroxyl groups is 9. The summed E-state index contributed by atoms with van der Waals surface area (Å²) in [5.74, 6) is -0.561. The number of carbonyl (C=O) groups is 2. The summed E-state index contributed by atoms with van der Waals surface area (Å²) in [6, 6.07) is -2.67. The van der Waals surface area contributed by atoms with Crippen LogP contribution in [0.1, 0.15) is 233 Å². The van der Waals surface area contributed by atoms with Crippen LogP contribution in [0, 0.1) is 5.92 Å². The van der Waals surface area contributed by atoms with Crippen molar-refractivity contribution in [2.75, 3.05) is 19.8 Å². The highest BCUT2D eigenvalue weighted by Crippen LogP contribution is 2.30. The van der Waals surface area contributed by atoms with Crippen LogP contribution >= 0.6 is 0 Å². The van der Waals surface area contributed by atoms with E-state index in [-0.39, 0.29) is 12.8 Å². The summed E-state index contributed by atoms with van der Waals surface area (Å²) >= 11 is 0. The molecule has 0 radical (unpaired) electrons. The van der Waals surface area contributed by atoms with Gasteiger partial charge in [-0.3, -0.25) is 9.59 Å². The average Bonchev–Trinajstić information content (AvgIpc) is 3.38. The van der Waals surface area contributed by atoms with Crippen LogP contribution in [0.5, 0.6) is 0 Å². The molecule has 17 heteroatoms. The van der Waals surface area contributed by atoms with Gasteiger partial charge in [0.25, 0.3) is 0 Å². The van der Waals surface area contributed by atoms with Crippen LogP contribution in [0.15, 0.2) is 0 Å². The first-order valence-electron chi connectivity index (χ1n) is 29.3. The molecule has 2 aliphatic heterocycles.